The average Bonchev–Trinajstić information content (AvgIpc) is 3.02. The van der Waals surface area contributed by atoms with Crippen LogP contribution in [0.1, 0.15) is 42.9 Å². The SMILES string of the molecule is CCCCC(O)C(Cc1cc(F)cc(F)c1)C(=O)N[C@@H]1CN(C)c2ccccc2C(c2ccccc2)=N1. The zero-order valence-corrected chi connectivity index (χ0v) is 21.2. The van der Waals surface area contributed by atoms with Crippen molar-refractivity contribution in [1.82, 2.24) is 5.32 Å². The summed E-state index contributed by atoms with van der Waals surface area (Å²) < 4.78 is 27.7. The fourth-order valence-electron chi connectivity index (χ4n) is 4.81. The number of carbonyl (C=O) groups excluding carboxylic acids is 1. The highest BCUT2D eigenvalue weighted by Gasteiger charge is 2.30. The van der Waals surface area contributed by atoms with E-state index in [1.165, 1.54) is 12.1 Å². The number of para-hydroxylation sites is 1. The first-order valence-corrected chi connectivity index (χ1v) is 12.7. The third-order valence-corrected chi connectivity index (χ3v) is 6.69. The van der Waals surface area contributed by atoms with Crippen LogP contribution in [0.2, 0.25) is 0 Å². The molecule has 194 valence electrons. The van der Waals surface area contributed by atoms with Gasteiger partial charge in [-0.2, -0.15) is 0 Å². The number of anilines is 1. The van der Waals surface area contributed by atoms with Gasteiger partial charge in [-0.05, 0) is 36.6 Å². The van der Waals surface area contributed by atoms with E-state index in [2.05, 4.69) is 5.32 Å². The van der Waals surface area contributed by atoms with Gasteiger partial charge in [0.2, 0.25) is 5.91 Å². The number of likely N-dealkylation sites (N-methyl/N-ethyl adjacent to an activating group) is 1. The fraction of sp³-hybridized carbons (Fsp3) is 0.333. The van der Waals surface area contributed by atoms with Crippen LogP contribution < -0.4 is 10.2 Å². The Labute approximate surface area is 216 Å². The topological polar surface area (TPSA) is 64.9 Å². The normalized spacial score (nSPS) is 16.8. The molecular formula is C30H33F2N3O2. The van der Waals surface area contributed by atoms with E-state index >= 15 is 0 Å². The molecule has 7 heteroatoms. The van der Waals surface area contributed by atoms with Crippen molar-refractivity contribution in [3.63, 3.8) is 0 Å². The van der Waals surface area contributed by atoms with Gasteiger partial charge >= 0.3 is 0 Å². The van der Waals surface area contributed by atoms with Gasteiger partial charge in [0.1, 0.15) is 17.8 Å². The van der Waals surface area contributed by atoms with E-state index in [0.29, 0.717) is 18.5 Å². The highest BCUT2D eigenvalue weighted by molar-refractivity contribution is 6.16. The standard InChI is InChI=1S/C30H33F2N3O2/c1-3-4-14-27(36)25(17-20-15-22(31)18-23(32)16-20)30(37)34-28-19-35(2)26-13-9-8-12-24(26)29(33-28)21-10-6-5-7-11-21/h5-13,15-16,18,25,27-28,36H,3-4,14,17,19H2,1-2H3,(H,34,37)/t25?,27?,28-/m1/s1. The maximum Gasteiger partial charge on any atom is 0.227 e. The summed E-state index contributed by atoms with van der Waals surface area (Å²) in [6.07, 6.45) is 0.482. The lowest BCUT2D eigenvalue weighted by atomic mass is 9.90. The van der Waals surface area contributed by atoms with Crippen molar-refractivity contribution in [3.05, 3.63) is 101 Å². The van der Waals surface area contributed by atoms with Crippen LogP contribution in [0.25, 0.3) is 0 Å². The summed E-state index contributed by atoms with van der Waals surface area (Å²) in [6, 6.07) is 21.0. The molecule has 3 atom stereocenters. The highest BCUT2D eigenvalue weighted by Crippen LogP contribution is 2.27. The summed E-state index contributed by atoms with van der Waals surface area (Å²) in [5, 5.41) is 13.9. The average molecular weight is 506 g/mol. The fourth-order valence-corrected chi connectivity index (χ4v) is 4.81. The van der Waals surface area contributed by atoms with Crippen molar-refractivity contribution in [3.8, 4) is 0 Å². The summed E-state index contributed by atoms with van der Waals surface area (Å²) in [7, 11) is 1.95. The van der Waals surface area contributed by atoms with E-state index in [0.717, 1.165) is 41.4 Å². The molecule has 37 heavy (non-hydrogen) atoms. The van der Waals surface area contributed by atoms with Gasteiger partial charge in [0, 0.05) is 29.9 Å². The number of fused-ring (bicyclic) bond motifs is 1. The predicted molar refractivity (Wildman–Crippen MR) is 143 cm³/mol. The summed E-state index contributed by atoms with van der Waals surface area (Å²) in [4.78, 5) is 20.6. The molecule has 0 fully saturated rings. The van der Waals surface area contributed by atoms with Crippen LogP contribution in [0.3, 0.4) is 0 Å². The Morgan fingerprint density at radius 1 is 1.08 bits per heavy atom. The number of halogens is 2. The first-order valence-electron chi connectivity index (χ1n) is 12.7. The van der Waals surface area contributed by atoms with Gasteiger partial charge in [-0.15, -0.1) is 0 Å². The Bertz CT molecular complexity index is 1230. The van der Waals surface area contributed by atoms with Gasteiger partial charge in [-0.3, -0.25) is 9.79 Å². The van der Waals surface area contributed by atoms with Gasteiger partial charge in [0.05, 0.1) is 24.3 Å². The Kier molecular flexibility index (Phi) is 8.66. The summed E-state index contributed by atoms with van der Waals surface area (Å²) in [6.45, 7) is 2.42. The second-order valence-corrected chi connectivity index (χ2v) is 9.56. The number of nitrogens with one attached hydrogen (secondary N) is 1. The molecule has 2 N–H and O–H groups in total. The molecule has 3 aromatic rings. The number of aliphatic hydroxyl groups is 1. The van der Waals surface area contributed by atoms with Gasteiger partial charge < -0.3 is 15.3 Å². The van der Waals surface area contributed by atoms with Gasteiger partial charge in [-0.1, -0.05) is 68.3 Å². The number of carbonyl (C=O) groups is 1. The van der Waals surface area contributed by atoms with Crippen molar-refractivity contribution in [2.75, 3.05) is 18.5 Å². The van der Waals surface area contributed by atoms with E-state index in [9.17, 15) is 18.7 Å². The highest BCUT2D eigenvalue weighted by atomic mass is 19.1. The van der Waals surface area contributed by atoms with Crippen LogP contribution in [-0.2, 0) is 11.2 Å². The van der Waals surface area contributed by atoms with Crippen LogP contribution in [0.4, 0.5) is 14.5 Å². The number of rotatable bonds is 9. The maximum atomic E-state index is 13.9. The molecule has 1 aliphatic heterocycles. The van der Waals surface area contributed by atoms with Crippen LogP contribution >= 0.6 is 0 Å². The molecule has 0 bridgehead atoms. The molecule has 0 spiro atoms. The van der Waals surface area contributed by atoms with Crippen molar-refractivity contribution < 1.29 is 18.7 Å². The maximum absolute atomic E-state index is 13.9. The van der Waals surface area contributed by atoms with E-state index in [1.807, 2.05) is 73.5 Å². The first kappa shape index (κ1) is 26.5. The zero-order chi connectivity index (χ0) is 26.4. The number of benzodiazepines with no additional fused rings is 1. The van der Waals surface area contributed by atoms with Crippen LogP contribution in [0.5, 0.6) is 0 Å². The summed E-state index contributed by atoms with van der Waals surface area (Å²) >= 11 is 0. The van der Waals surface area contributed by atoms with Crippen molar-refractivity contribution in [1.29, 1.82) is 0 Å². The molecule has 0 aliphatic carbocycles. The van der Waals surface area contributed by atoms with Crippen LogP contribution in [0, 0.1) is 17.6 Å². The minimum Gasteiger partial charge on any atom is -0.392 e. The number of unbranched alkanes of at least 4 members (excludes halogenated alkanes) is 1. The molecule has 4 rings (SSSR count). The molecule has 0 saturated heterocycles. The summed E-state index contributed by atoms with van der Waals surface area (Å²) in [5.74, 6) is -2.69. The molecular weight excluding hydrogens is 472 g/mol. The van der Waals surface area contributed by atoms with E-state index < -0.39 is 35.7 Å². The minimum atomic E-state index is -0.954. The molecule has 1 aliphatic rings. The van der Waals surface area contributed by atoms with E-state index in [-0.39, 0.29) is 6.42 Å². The van der Waals surface area contributed by atoms with Crippen LogP contribution in [0.15, 0.2) is 77.8 Å². The number of hydrogen-bond acceptors (Lipinski definition) is 4. The molecule has 5 nitrogen and oxygen atoms in total. The van der Waals surface area contributed by atoms with E-state index in [4.69, 9.17) is 4.99 Å². The Hall–Kier alpha value is -3.58. The molecule has 2 unspecified atom stereocenters. The van der Waals surface area contributed by atoms with Crippen molar-refractivity contribution >= 4 is 17.3 Å². The number of aliphatic hydroxyl groups excluding tert-OH is 1. The number of amides is 1. The Balaban J connectivity index is 1.64. The first-order chi connectivity index (χ1) is 17.9. The third kappa shape index (κ3) is 6.60. The largest absolute Gasteiger partial charge is 0.392 e. The quantitative estimate of drug-likeness (QED) is 0.425. The van der Waals surface area contributed by atoms with Crippen molar-refractivity contribution in [2.45, 2.75) is 44.9 Å². The molecule has 1 amide bonds. The van der Waals surface area contributed by atoms with Gasteiger partial charge in [0.25, 0.3) is 0 Å². The number of benzene rings is 3. The van der Waals surface area contributed by atoms with E-state index in [1.54, 1.807) is 0 Å². The molecule has 0 radical (unpaired) electrons. The smallest absolute Gasteiger partial charge is 0.227 e. The lowest BCUT2D eigenvalue weighted by Crippen LogP contribution is -2.47. The predicted octanol–water partition coefficient (Wildman–Crippen LogP) is 5.10. The van der Waals surface area contributed by atoms with Crippen LogP contribution in [-0.4, -0.2) is 42.6 Å². The van der Waals surface area contributed by atoms with Gasteiger partial charge in [-0.25, -0.2) is 8.78 Å². The molecule has 0 saturated carbocycles. The van der Waals surface area contributed by atoms with Gasteiger partial charge in [0.15, 0.2) is 0 Å². The zero-order valence-electron chi connectivity index (χ0n) is 21.2. The molecule has 1 heterocycles. The number of nitrogens with zero attached hydrogens (tertiary/aromatic N) is 2. The monoisotopic (exact) mass is 505 g/mol. The lowest BCUT2D eigenvalue weighted by Gasteiger charge is -2.26. The third-order valence-electron chi connectivity index (χ3n) is 6.69. The lowest BCUT2D eigenvalue weighted by molar-refractivity contribution is -0.129. The summed E-state index contributed by atoms with van der Waals surface area (Å²) in [5.41, 5.74) is 3.98. The molecule has 0 aromatic heterocycles. The molecule has 3 aromatic carbocycles. The Morgan fingerprint density at radius 2 is 1.76 bits per heavy atom. The minimum absolute atomic E-state index is 0.0173. The van der Waals surface area contributed by atoms with Crippen molar-refractivity contribution in [2.24, 2.45) is 10.9 Å². The Morgan fingerprint density at radius 3 is 2.46 bits per heavy atom. The number of aliphatic imine (C=N–C) groups is 1. The second kappa shape index (κ2) is 12.1. The number of hydrogen-bond donors (Lipinski definition) is 2. The second-order valence-electron chi connectivity index (χ2n) is 9.56.